The van der Waals surface area contributed by atoms with Gasteiger partial charge in [-0.25, -0.2) is 3.63 Å². The first-order valence-corrected chi connectivity index (χ1v) is 18.3. The summed E-state index contributed by atoms with van der Waals surface area (Å²) in [7, 11) is -7.99. The van der Waals surface area contributed by atoms with Crippen LogP contribution in [-0.2, 0) is 23.3 Å². The lowest BCUT2D eigenvalue weighted by atomic mass is 9.49. The summed E-state index contributed by atoms with van der Waals surface area (Å²) in [5.74, 6) is 2.06. The maximum Gasteiger partial charge on any atom is 0.403 e. The van der Waals surface area contributed by atoms with Gasteiger partial charge in [0.2, 0.25) is 0 Å². The zero-order valence-corrected chi connectivity index (χ0v) is 25.3. The molecule has 0 radical (unpaired) electrons. The average molecular weight is 611 g/mol. The summed E-state index contributed by atoms with van der Waals surface area (Å²) < 4.78 is 74.2. The third-order valence-electron chi connectivity index (χ3n) is 9.63. The Labute approximate surface area is 243 Å². The molecule has 0 atom stereocenters. The summed E-state index contributed by atoms with van der Waals surface area (Å²) in [6.45, 7) is 1.11. The van der Waals surface area contributed by atoms with Gasteiger partial charge in [-0.15, -0.1) is 0 Å². The standard InChI is InChI=1S/C31H40F2O6S2/c1-2-3-12-37-27-10-11-28(26-9-5-4-8-25(26)27)40(13-6-7-14-40)39-41(35,36)31(32,33)21-38-29(34)30-18-22-15-23(19-30)17-24(16-22)20-30/h4-5,8-11,22-24H,2-3,6-7,12-21H2,1H3. The van der Waals surface area contributed by atoms with Gasteiger partial charge in [0.1, 0.15) is 5.75 Å². The maximum absolute atomic E-state index is 15.4. The van der Waals surface area contributed by atoms with Crippen LogP contribution in [0.2, 0.25) is 0 Å². The third-order valence-corrected chi connectivity index (χ3v) is 15.3. The van der Waals surface area contributed by atoms with Gasteiger partial charge in [-0.2, -0.15) is 17.2 Å². The number of halogens is 2. The Hall–Kier alpha value is -1.91. The van der Waals surface area contributed by atoms with Gasteiger partial charge in [0.25, 0.3) is 0 Å². The molecular weight excluding hydrogens is 570 g/mol. The summed E-state index contributed by atoms with van der Waals surface area (Å²) in [5.41, 5.74) is -0.743. The first-order valence-electron chi connectivity index (χ1n) is 15.0. The van der Waals surface area contributed by atoms with Crippen molar-refractivity contribution in [2.45, 2.75) is 81.3 Å². The van der Waals surface area contributed by atoms with Crippen LogP contribution in [0.5, 0.6) is 5.75 Å². The number of carbonyl (C=O) groups excluding carboxylic acids is 1. The fourth-order valence-corrected chi connectivity index (χ4v) is 13.8. The minimum atomic E-state index is -5.40. The number of ether oxygens (including phenoxy) is 2. The Balaban J connectivity index is 1.22. The van der Waals surface area contributed by atoms with Crippen LogP contribution in [-0.4, -0.2) is 44.4 Å². The van der Waals surface area contributed by atoms with Crippen LogP contribution >= 0.6 is 10.3 Å². The van der Waals surface area contributed by atoms with Crippen molar-refractivity contribution in [3.63, 3.8) is 0 Å². The van der Waals surface area contributed by atoms with Crippen molar-refractivity contribution in [1.29, 1.82) is 0 Å². The van der Waals surface area contributed by atoms with Crippen LogP contribution in [0.4, 0.5) is 8.78 Å². The van der Waals surface area contributed by atoms with Crippen molar-refractivity contribution >= 4 is 37.2 Å². The summed E-state index contributed by atoms with van der Waals surface area (Å²) in [6.07, 6.45) is 8.50. The Kier molecular flexibility index (Phi) is 7.81. The number of hydrogen-bond acceptors (Lipinski definition) is 6. The second-order valence-electron chi connectivity index (χ2n) is 12.7. The number of unbranched alkanes of at least 4 members (excludes halogenated alkanes) is 1. The van der Waals surface area contributed by atoms with Crippen LogP contribution in [0.15, 0.2) is 41.3 Å². The predicted octanol–water partition coefficient (Wildman–Crippen LogP) is 7.59. The fourth-order valence-electron chi connectivity index (χ4n) is 8.07. The van der Waals surface area contributed by atoms with Crippen LogP contribution in [0, 0.1) is 23.2 Å². The van der Waals surface area contributed by atoms with E-state index >= 15 is 8.78 Å². The molecule has 0 amide bonds. The van der Waals surface area contributed by atoms with E-state index in [9.17, 15) is 13.2 Å². The van der Waals surface area contributed by atoms with Gasteiger partial charge in [-0.3, -0.25) is 4.79 Å². The molecule has 0 N–H and O–H groups in total. The van der Waals surface area contributed by atoms with Crippen molar-refractivity contribution in [3.05, 3.63) is 36.4 Å². The molecule has 4 bridgehead atoms. The van der Waals surface area contributed by atoms with Crippen LogP contribution in [0.25, 0.3) is 10.8 Å². The van der Waals surface area contributed by atoms with Crippen LogP contribution < -0.4 is 4.74 Å². The lowest BCUT2D eigenvalue weighted by Gasteiger charge is -2.55. The zero-order chi connectivity index (χ0) is 28.9. The van der Waals surface area contributed by atoms with E-state index in [0.29, 0.717) is 78.6 Å². The first kappa shape index (κ1) is 29.2. The molecule has 0 aromatic heterocycles. The quantitative estimate of drug-likeness (QED) is 0.193. The molecule has 4 aliphatic carbocycles. The SMILES string of the molecule is CCCCOc1ccc(S2(OS(=O)(=O)C(F)(F)COC(=O)C34CC5CC(CC(C5)C3)C4)CCCC2)c2ccccc12. The smallest absolute Gasteiger partial charge is 0.403 e. The molecule has 41 heavy (non-hydrogen) atoms. The number of alkyl halides is 2. The molecule has 0 spiro atoms. The first-order chi connectivity index (χ1) is 19.6. The number of esters is 1. The summed E-state index contributed by atoms with van der Waals surface area (Å²) >= 11 is 0. The van der Waals surface area contributed by atoms with Gasteiger partial charge in [0.05, 0.1) is 12.0 Å². The van der Waals surface area contributed by atoms with Gasteiger partial charge in [0.15, 0.2) is 6.61 Å². The Bertz CT molecular complexity index is 1370. The van der Waals surface area contributed by atoms with Crippen LogP contribution in [0.1, 0.15) is 71.1 Å². The third kappa shape index (κ3) is 5.37. The van der Waals surface area contributed by atoms with Gasteiger partial charge in [-0.05, 0) is 93.1 Å². The summed E-state index contributed by atoms with van der Waals surface area (Å²) in [6, 6.07) is 11.1. The minimum Gasteiger partial charge on any atom is -0.493 e. The van der Waals surface area contributed by atoms with Gasteiger partial charge in [0, 0.05) is 21.8 Å². The van der Waals surface area contributed by atoms with E-state index in [1.165, 1.54) is 0 Å². The second kappa shape index (κ2) is 11.0. The average Bonchev–Trinajstić information content (AvgIpc) is 3.39. The molecule has 7 rings (SSSR count). The Morgan fingerprint density at radius 2 is 1.59 bits per heavy atom. The molecule has 4 saturated carbocycles. The highest BCUT2D eigenvalue weighted by molar-refractivity contribution is 8.33. The number of rotatable bonds is 11. The Morgan fingerprint density at radius 3 is 2.20 bits per heavy atom. The molecule has 5 fully saturated rings. The van der Waals surface area contributed by atoms with E-state index in [2.05, 4.69) is 6.92 Å². The van der Waals surface area contributed by atoms with Gasteiger partial charge < -0.3 is 9.47 Å². The van der Waals surface area contributed by atoms with Gasteiger partial charge >= 0.3 is 21.3 Å². The molecule has 1 heterocycles. The number of hydrogen-bond donors (Lipinski definition) is 0. The molecule has 226 valence electrons. The normalized spacial score (nSPS) is 29.5. The van der Waals surface area contributed by atoms with Gasteiger partial charge in [-0.1, -0.05) is 47.9 Å². The lowest BCUT2D eigenvalue weighted by molar-refractivity contribution is -0.176. The highest BCUT2D eigenvalue weighted by Crippen LogP contribution is 2.65. The van der Waals surface area contributed by atoms with Crippen molar-refractivity contribution in [2.24, 2.45) is 23.2 Å². The summed E-state index contributed by atoms with van der Waals surface area (Å²) in [5, 5.41) is -2.80. The van der Waals surface area contributed by atoms with Crippen molar-refractivity contribution < 1.29 is 35.1 Å². The van der Waals surface area contributed by atoms with E-state index in [-0.39, 0.29) is 0 Å². The highest BCUT2D eigenvalue weighted by Gasteiger charge is 2.57. The van der Waals surface area contributed by atoms with E-state index < -0.39 is 43.7 Å². The molecule has 2 aromatic carbocycles. The molecule has 10 heteroatoms. The molecule has 1 aliphatic heterocycles. The predicted molar refractivity (Wildman–Crippen MR) is 156 cm³/mol. The van der Waals surface area contributed by atoms with Crippen molar-refractivity contribution in [3.8, 4) is 5.75 Å². The minimum absolute atomic E-state index is 0.370. The molecule has 0 unspecified atom stereocenters. The zero-order valence-electron chi connectivity index (χ0n) is 23.6. The second-order valence-corrected chi connectivity index (χ2v) is 17.6. The highest BCUT2D eigenvalue weighted by atomic mass is 32.3. The largest absolute Gasteiger partial charge is 0.493 e. The van der Waals surface area contributed by atoms with E-state index in [4.69, 9.17) is 13.1 Å². The van der Waals surface area contributed by atoms with E-state index in [1.807, 2.05) is 24.3 Å². The number of carbonyl (C=O) groups is 1. The molecule has 2 aromatic rings. The fraction of sp³-hybridized carbons (Fsp3) is 0.645. The van der Waals surface area contributed by atoms with Crippen molar-refractivity contribution in [1.82, 2.24) is 0 Å². The Morgan fingerprint density at radius 1 is 0.976 bits per heavy atom. The van der Waals surface area contributed by atoms with E-state index in [0.717, 1.165) is 42.9 Å². The molecular formula is C31H40F2O6S2. The summed E-state index contributed by atoms with van der Waals surface area (Å²) in [4.78, 5) is 13.8. The molecule has 6 nitrogen and oxygen atoms in total. The monoisotopic (exact) mass is 610 g/mol. The topological polar surface area (TPSA) is 78.9 Å². The van der Waals surface area contributed by atoms with E-state index in [1.54, 1.807) is 12.1 Å². The van der Waals surface area contributed by atoms with Crippen LogP contribution in [0.3, 0.4) is 0 Å². The number of benzene rings is 2. The van der Waals surface area contributed by atoms with Crippen molar-refractivity contribution in [2.75, 3.05) is 24.7 Å². The molecule has 5 aliphatic rings. The molecule has 1 saturated heterocycles. The number of fused-ring (bicyclic) bond motifs is 1. The lowest BCUT2D eigenvalue weighted by Crippen LogP contribution is -2.51. The maximum atomic E-state index is 15.4.